The number of nitrogens with one attached hydrogen (secondary N) is 2. The monoisotopic (exact) mass is 315 g/mol. The number of carbonyl (C=O) groups is 1. The van der Waals surface area contributed by atoms with Crippen LogP contribution in [0.25, 0.3) is 0 Å². The lowest BCUT2D eigenvalue weighted by Gasteiger charge is -2.47. The van der Waals surface area contributed by atoms with Crippen LogP contribution in [0.1, 0.15) is 44.2 Å². The number of hydrogen-bond donors (Lipinski definition) is 2. The van der Waals surface area contributed by atoms with Crippen molar-refractivity contribution < 1.29 is 9.53 Å². The molecule has 124 valence electrons. The Hall–Kier alpha value is -1.62. The number of carbonyl (C=O) groups excluding carboxylic acids is 1. The first-order valence-electron chi connectivity index (χ1n) is 8.84. The summed E-state index contributed by atoms with van der Waals surface area (Å²) in [5.41, 5.74) is 1.14. The molecule has 0 radical (unpaired) electrons. The van der Waals surface area contributed by atoms with Crippen molar-refractivity contribution in [3.63, 3.8) is 0 Å². The third-order valence-electron chi connectivity index (χ3n) is 5.92. The summed E-state index contributed by atoms with van der Waals surface area (Å²) in [4.78, 5) is 16.8. The quantitative estimate of drug-likeness (QED) is 0.896. The van der Waals surface area contributed by atoms with Gasteiger partial charge in [0.2, 0.25) is 0 Å². The molecule has 3 aliphatic rings. The minimum atomic E-state index is -0.0405. The SMILES string of the molecule is O=C(NCC1(c2ccccn2)CCC1)N[C@@H]1C[C@@H]2OCCC[C@H]21. The van der Waals surface area contributed by atoms with Gasteiger partial charge in [-0.05, 0) is 44.2 Å². The molecular formula is C18H25N3O2. The van der Waals surface area contributed by atoms with Gasteiger partial charge in [-0.1, -0.05) is 12.5 Å². The summed E-state index contributed by atoms with van der Waals surface area (Å²) in [7, 11) is 0. The van der Waals surface area contributed by atoms with E-state index in [0.717, 1.165) is 38.0 Å². The van der Waals surface area contributed by atoms with Crippen molar-refractivity contribution in [3.05, 3.63) is 30.1 Å². The van der Waals surface area contributed by atoms with Gasteiger partial charge >= 0.3 is 6.03 Å². The van der Waals surface area contributed by atoms with Gasteiger partial charge in [-0.15, -0.1) is 0 Å². The van der Waals surface area contributed by atoms with Crippen LogP contribution in [0.2, 0.25) is 0 Å². The van der Waals surface area contributed by atoms with E-state index in [1.807, 2.05) is 18.3 Å². The maximum atomic E-state index is 12.3. The zero-order valence-corrected chi connectivity index (χ0v) is 13.5. The minimum absolute atomic E-state index is 0.0364. The fraction of sp³-hybridized carbons (Fsp3) is 0.667. The number of hydrogen-bond acceptors (Lipinski definition) is 3. The Morgan fingerprint density at radius 3 is 2.96 bits per heavy atom. The largest absolute Gasteiger partial charge is 0.378 e. The topological polar surface area (TPSA) is 63.2 Å². The molecule has 2 heterocycles. The van der Waals surface area contributed by atoms with Gasteiger partial charge in [0, 0.05) is 42.4 Å². The van der Waals surface area contributed by atoms with Crippen LogP contribution in [-0.4, -0.2) is 36.3 Å². The van der Waals surface area contributed by atoms with Crippen LogP contribution in [0, 0.1) is 5.92 Å². The van der Waals surface area contributed by atoms with Gasteiger partial charge in [0.05, 0.1) is 6.10 Å². The van der Waals surface area contributed by atoms with Crippen LogP contribution in [0.3, 0.4) is 0 Å². The van der Waals surface area contributed by atoms with Gasteiger partial charge < -0.3 is 15.4 Å². The molecule has 2 aliphatic carbocycles. The summed E-state index contributed by atoms with van der Waals surface area (Å²) in [5.74, 6) is 0.517. The predicted molar refractivity (Wildman–Crippen MR) is 87.2 cm³/mol. The molecule has 1 aromatic rings. The smallest absolute Gasteiger partial charge is 0.315 e. The highest BCUT2D eigenvalue weighted by Gasteiger charge is 2.44. The van der Waals surface area contributed by atoms with E-state index in [2.05, 4.69) is 21.7 Å². The standard InChI is InChI=1S/C18H25N3O2/c22-17(21-14-11-15-13(14)5-3-10-23-15)20-12-18(7-4-8-18)16-6-1-2-9-19-16/h1-2,6,9,13-15H,3-5,7-8,10-12H2,(H2,20,21,22)/t13-,14+,15-/m0/s1. The maximum absolute atomic E-state index is 12.3. The zero-order chi connectivity index (χ0) is 15.7. The Bertz CT molecular complexity index is 559. The third kappa shape index (κ3) is 2.82. The summed E-state index contributed by atoms with van der Waals surface area (Å²) in [6, 6.07) is 6.29. The lowest BCUT2D eigenvalue weighted by atomic mass is 9.66. The molecule has 2 amide bonds. The van der Waals surface area contributed by atoms with Crippen molar-refractivity contribution in [2.75, 3.05) is 13.2 Å². The normalized spacial score (nSPS) is 31.2. The van der Waals surface area contributed by atoms with Gasteiger partial charge in [0.25, 0.3) is 0 Å². The number of nitrogens with zero attached hydrogens (tertiary/aromatic N) is 1. The first-order chi connectivity index (χ1) is 11.3. The fourth-order valence-electron chi connectivity index (χ4n) is 4.23. The molecule has 2 N–H and O–H groups in total. The molecule has 0 unspecified atom stereocenters. The molecule has 3 fully saturated rings. The third-order valence-corrected chi connectivity index (χ3v) is 5.92. The van der Waals surface area contributed by atoms with Crippen molar-refractivity contribution in [1.82, 2.24) is 15.6 Å². The first-order valence-corrected chi connectivity index (χ1v) is 8.84. The van der Waals surface area contributed by atoms with Gasteiger partial charge in [-0.2, -0.15) is 0 Å². The van der Waals surface area contributed by atoms with Crippen molar-refractivity contribution in [2.24, 2.45) is 5.92 Å². The summed E-state index contributed by atoms with van der Waals surface area (Å²) in [6.07, 6.45) is 8.89. The second-order valence-electron chi connectivity index (χ2n) is 7.23. The molecule has 1 aliphatic heterocycles. The Kier molecular flexibility index (Phi) is 3.97. The summed E-state index contributed by atoms with van der Waals surface area (Å²) in [6.45, 7) is 1.56. The number of ether oxygens (including phenoxy) is 1. The average Bonchev–Trinajstić information content (AvgIpc) is 2.53. The van der Waals surface area contributed by atoms with E-state index in [1.165, 1.54) is 12.8 Å². The molecule has 23 heavy (non-hydrogen) atoms. The molecule has 5 heteroatoms. The van der Waals surface area contributed by atoms with Gasteiger partial charge in [0.15, 0.2) is 0 Å². The summed E-state index contributed by atoms with van der Waals surface area (Å²) >= 11 is 0. The van der Waals surface area contributed by atoms with E-state index < -0.39 is 0 Å². The molecule has 0 aromatic carbocycles. The Morgan fingerprint density at radius 2 is 2.26 bits per heavy atom. The van der Waals surface area contributed by atoms with Crippen molar-refractivity contribution in [3.8, 4) is 0 Å². The van der Waals surface area contributed by atoms with Crippen LogP contribution in [0.15, 0.2) is 24.4 Å². The van der Waals surface area contributed by atoms with Crippen molar-refractivity contribution in [1.29, 1.82) is 0 Å². The van der Waals surface area contributed by atoms with Crippen molar-refractivity contribution in [2.45, 2.75) is 56.1 Å². The predicted octanol–water partition coefficient (Wildman–Crippen LogP) is 2.37. The molecule has 0 spiro atoms. The van der Waals surface area contributed by atoms with Crippen LogP contribution in [0.5, 0.6) is 0 Å². The molecule has 1 aromatic heterocycles. The Balaban J connectivity index is 1.29. The van der Waals surface area contributed by atoms with E-state index in [4.69, 9.17) is 4.74 Å². The van der Waals surface area contributed by atoms with E-state index in [1.54, 1.807) is 0 Å². The van der Waals surface area contributed by atoms with Gasteiger partial charge in [-0.25, -0.2) is 4.79 Å². The molecule has 3 atom stereocenters. The average molecular weight is 315 g/mol. The van der Waals surface area contributed by atoms with E-state index in [9.17, 15) is 4.79 Å². The van der Waals surface area contributed by atoms with Crippen LogP contribution < -0.4 is 10.6 Å². The number of urea groups is 1. The summed E-state index contributed by atoms with van der Waals surface area (Å²) in [5, 5.41) is 6.23. The van der Waals surface area contributed by atoms with E-state index in [-0.39, 0.29) is 17.5 Å². The molecule has 2 saturated carbocycles. The molecular weight excluding hydrogens is 290 g/mol. The second kappa shape index (κ2) is 6.11. The van der Waals surface area contributed by atoms with Gasteiger partial charge in [-0.3, -0.25) is 4.98 Å². The molecule has 4 rings (SSSR count). The van der Waals surface area contributed by atoms with Crippen LogP contribution >= 0.6 is 0 Å². The number of fused-ring (bicyclic) bond motifs is 1. The highest BCUT2D eigenvalue weighted by Crippen LogP contribution is 2.42. The zero-order valence-electron chi connectivity index (χ0n) is 13.5. The highest BCUT2D eigenvalue weighted by molar-refractivity contribution is 5.74. The number of aromatic nitrogens is 1. The number of pyridine rings is 1. The van der Waals surface area contributed by atoms with Crippen molar-refractivity contribution >= 4 is 6.03 Å². The maximum Gasteiger partial charge on any atom is 0.315 e. The lowest BCUT2D eigenvalue weighted by molar-refractivity contribution is -0.0999. The Labute approximate surface area is 137 Å². The van der Waals surface area contributed by atoms with E-state index >= 15 is 0 Å². The van der Waals surface area contributed by atoms with Crippen LogP contribution in [0.4, 0.5) is 4.79 Å². The van der Waals surface area contributed by atoms with Crippen LogP contribution in [-0.2, 0) is 10.2 Å². The first kappa shape index (κ1) is 14.9. The second-order valence-corrected chi connectivity index (χ2v) is 7.23. The molecule has 0 bridgehead atoms. The lowest BCUT2D eigenvalue weighted by Crippen LogP contribution is -2.60. The summed E-state index contributed by atoms with van der Waals surface area (Å²) < 4.78 is 5.71. The molecule has 5 nitrogen and oxygen atoms in total. The van der Waals surface area contributed by atoms with E-state index in [0.29, 0.717) is 18.6 Å². The molecule has 1 saturated heterocycles. The van der Waals surface area contributed by atoms with Gasteiger partial charge in [0.1, 0.15) is 0 Å². The number of amides is 2. The minimum Gasteiger partial charge on any atom is -0.378 e. The Morgan fingerprint density at radius 1 is 1.35 bits per heavy atom. The highest BCUT2D eigenvalue weighted by atomic mass is 16.5. The number of rotatable bonds is 4. The fourth-order valence-corrected chi connectivity index (χ4v) is 4.23.